The van der Waals surface area contributed by atoms with E-state index in [-0.39, 0.29) is 0 Å². The Morgan fingerprint density at radius 2 is 1.05 bits per heavy atom. The molecule has 110 valence electrons. The van der Waals surface area contributed by atoms with Crippen LogP contribution < -0.4 is 0 Å². The smallest absolute Gasteiger partial charge is 0.0406 e. The van der Waals surface area contributed by atoms with E-state index >= 15 is 0 Å². The summed E-state index contributed by atoms with van der Waals surface area (Å²) in [6.45, 7) is 0. The Morgan fingerprint density at radius 3 is 1.45 bits per heavy atom. The number of hydrogen-bond donors (Lipinski definition) is 0. The molecule has 0 fully saturated rings. The van der Waals surface area contributed by atoms with Crippen LogP contribution in [-0.2, 0) is 12.8 Å². The van der Waals surface area contributed by atoms with Gasteiger partial charge in [0.15, 0.2) is 0 Å². The van der Waals surface area contributed by atoms with E-state index in [1.165, 1.54) is 22.3 Å². The Morgan fingerprint density at radius 1 is 0.636 bits per heavy atom. The molecule has 0 heterocycles. The highest BCUT2D eigenvalue weighted by Gasteiger charge is 2.08. The second-order valence-corrected chi connectivity index (χ2v) is 6.26. The van der Waals surface area contributed by atoms with Crippen molar-refractivity contribution < 1.29 is 0 Å². The highest BCUT2D eigenvalue weighted by atomic mass is 35.5. The molecule has 0 radical (unpaired) electrons. The van der Waals surface area contributed by atoms with Crippen LogP contribution in [0.4, 0.5) is 0 Å². The summed E-state index contributed by atoms with van der Waals surface area (Å²) in [5.41, 5.74) is 5.24. The highest BCUT2D eigenvalue weighted by molar-refractivity contribution is 6.30. The minimum Gasteiger partial charge on any atom is -0.0843 e. The summed E-state index contributed by atoms with van der Waals surface area (Å²) in [6, 6.07) is 16.1. The van der Waals surface area contributed by atoms with Gasteiger partial charge in [0.25, 0.3) is 0 Å². The predicted octanol–water partition coefficient (Wildman–Crippen LogP) is 6.20. The molecule has 0 saturated heterocycles. The molecule has 0 unspecified atom stereocenters. The molecular formula is C20H16Cl2. The molecule has 0 aliphatic heterocycles. The van der Waals surface area contributed by atoms with Gasteiger partial charge in [-0.05, 0) is 53.8 Å². The van der Waals surface area contributed by atoms with Crippen LogP contribution in [0.2, 0.25) is 10.0 Å². The van der Waals surface area contributed by atoms with Gasteiger partial charge in [-0.1, -0.05) is 77.3 Å². The van der Waals surface area contributed by atoms with Gasteiger partial charge < -0.3 is 0 Å². The van der Waals surface area contributed by atoms with Gasteiger partial charge in [-0.3, -0.25) is 0 Å². The Balaban J connectivity index is 1.86. The van der Waals surface area contributed by atoms with Crippen molar-refractivity contribution in [2.45, 2.75) is 12.8 Å². The highest BCUT2D eigenvalue weighted by Crippen LogP contribution is 2.23. The third kappa shape index (κ3) is 3.91. The van der Waals surface area contributed by atoms with E-state index in [1.54, 1.807) is 0 Å². The molecular weight excluding hydrogens is 311 g/mol. The van der Waals surface area contributed by atoms with Crippen LogP contribution in [0.5, 0.6) is 0 Å². The largest absolute Gasteiger partial charge is 0.0843 e. The standard InChI is InChI=1S/C20H16Cl2/c21-19-9-5-15(6-10-19)13-18(17-3-1-2-4-17)14-16-7-11-20(22)12-8-16/h1-12H,13-14H2. The van der Waals surface area contributed by atoms with E-state index in [0.717, 1.165) is 22.9 Å². The van der Waals surface area contributed by atoms with Crippen molar-refractivity contribution in [2.75, 3.05) is 0 Å². The molecule has 2 aromatic rings. The first-order valence-electron chi connectivity index (χ1n) is 7.26. The van der Waals surface area contributed by atoms with E-state index in [4.69, 9.17) is 23.2 Å². The van der Waals surface area contributed by atoms with Gasteiger partial charge in [-0.15, -0.1) is 0 Å². The molecule has 0 bridgehead atoms. The maximum absolute atomic E-state index is 5.97. The third-order valence-corrected chi connectivity index (χ3v) is 4.24. The fourth-order valence-electron chi connectivity index (χ4n) is 2.57. The zero-order chi connectivity index (χ0) is 15.4. The molecule has 0 saturated carbocycles. The van der Waals surface area contributed by atoms with Crippen molar-refractivity contribution >= 4 is 23.2 Å². The summed E-state index contributed by atoms with van der Waals surface area (Å²) >= 11 is 11.9. The van der Waals surface area contributed by atoms with E-state index in [9.17, 15) is 0 Å². The number of benzene rings is 2. The van der Waals surface area contributed by atoms with Crippen molar-refractivity contribution in [3.63, 3.8) is 0 Å². The molecule has 3 rings (SSSR count). The Hall–Kier alpha value is -1.76. The summed E-state index contributed by atoms with van der Waals surface area (Å²) in [5, 5.41) is 1.55. The number of hydrogen-bond acceptors (Lipinski definition) is 0. The summed E-state index contributed by atoms with van der Waals surface area (Å²) in [4.78, 5) is 0. The maximum Gasteiger partial charge on any atom is 0.0406 e. The Bertz CT molecular complexity index is 669. The van der Waals surface area contributed by atoms with Gasteiger partial charge in [-0.25, -0.2) is 0 Å². The zero-order valence-electron chi connectivity index (χ0n) is 12.1. The third-order valence-electron chi connectivity index (χ3n) is 3.73. The average molecular weight is 327 g/mol. The van der Waals surface area contributed by atoms with Crippen LogP contribution in [0.25, 0.3) is 0 Å². The molecule has 0 aromatic heterocycles. The van der Waals surface area contributed by atoms with Gasteiger partial charge in [-0.2, -0.15) is 0 Å². The zero-order valence-corrected chi connectivity index (χ0v) is 13.6. The molecule has 0 atom stereocenters. The SMILES string of the molecule is Clc1ccc(CC(Cc2ccc(Cl)cc2)=C2C=CC=C2)cc1. The molecule has 2 aromatic carbocycles. The first-order valence-corrected chi connectivity index (χ1v) is 8.02. The second kappa shape index (κ2) is 7.00. The Kier molecular flexibility index (Phi) is 4.82. The lowest BCUT2D eigenvalue weighted by molar-refractivity contribution is 1.02. The van der Waals surface area contributed by atoms with Crippen LogP contribution in [0.15, 0.2) is 84.0 Å². The lowest BCUT2D eigenvalue weighted by Gasteiger charge is -2.11. The van der Waals surface area contributed by atoms with E-state index in [1.807, 2.05) is 24.3 Å². The van der Waals surface area contributed by atoms with E-state index < -0.39 is 0 Å². The molecule has 1 aliphatic carbocycles. The van der Waals surface area contributed by atoms with Crippen molar-refractivity contribution in [3.8, 4) is 0 Å². The number of rotatable bonds is 4. The van der Waals surface area contributed by atoms with Crippen molar-refractivity contribution in [1.29, 1.82) is 0 Å². The molecule has 0 nitrogen and oxygen atoms in total. The first-order chi connectivity index (χ1) is 10.7. The molecule has 2 heteroatoms. The van der Waals surface area contributed by atoms with Crippen LogP contribution in [0, 0.1) is 0 Å². The van der Waals surface area contributed by atoms with Crippen LogP contribution in [-0.4, -0.2) is 0 Å². The fourth-order valence-corrected chi connectivity index (χ4v) is 2.83. The number of halogens is 2. The normalized spacial score (nSPS) is 12.9. The van der Waals surface area contributed by atoms with Crippen molar-refractivity contribution in [3.05, 3.63) is 105 Å². The summed E-state index contributed by atoms with van der Waals surface area (Å²) in [7, 11) is 0. The Labute approximate surface area is 141 Å². The van der Waals surface area contributed by atoms with Crippen LogP contribution in [0.1, 0.15) is 11.1 Å². The summed E-state index contributed by atoms with van der Waals surface area (Å²) < 4.78 is 0. The summed E-state index contributed by atoms with van der Waals surface area (Å²) in [5.74, 6) is 0. The quantitative estimate of drug-likeness (QED) is 0.627. The lowest BCUT2D eigenvalue weighted by Crippen LogP contribution is -1.98. The predicted molar refractivity (Wildman–Crippen MR) is 95.6 cm³/mol. The average Bonchev–Trinajstić information content (AvgIpc) is 3.05. The minimum absolute atomic E-state index is 0.774. The van der Waals surface area contributed by atoms with Crippen molar-refractivity contribution in [2.24, 2.45) is 0 Å². The van der Waals surface area contributed by atoms with Gasteiger partial charge >= 0.3 is 0 Å². The van der Waals surface area contributed by atoms with E-state index in [2.05, 4.69) is 48.6 Å². The van der Waals surface area contributed by atoms with Gasteiger partial charge in [0.05, 0.1) is 0 Å². The first kappa shape index (κ1) is 15.1. The topological polar surface area (TPSA) is 0 Å². The van der Waals surface area contributed by atoms with Crippen molar-refractivity contribution in [1.82, 2.24) is 0 Å². The number of allylic oxidation sites excluding steroid dienone is 6. The lowest BCUT2D eigenvalue weighted by atomic mass is 9.94. The minimum atomic E-state index is 0.774. The van der Waals surface area contributed by atoms with Gasteiger partial charge in [0.2, 0.25) is 0 Å². The van der Waals surface area contributed by atoms with Gasteiger partial charge in [0, 0.05) is 10.0 Å². The molecule has 1 aliphatic rings. The molecule has 22 heavy (non-hydrogen) atoms. The summed E-state index contributed by atoms with van der Waals surface area (Å²) in [6.07, 6.45) is 10.3. The van der Waals surface area contributed by atoms with Gasteiger partial charge in [0.1, 0.15) is 0 Å². The second-order valence-electron chi connectivity index (χ2n) is 5.38. The molecule has 0 N–H and O–H groups in total. The molecule has 0 spiro atoms. The molecule has 0 amide bonds. The van der Waals surface area contributed by atoms with Crippen LogP contribution in [0.3, 0.4) is 0 Å². The maximum atomic E-state index is 5.97. The van der Waals surface area contributed by atoms with E-state index in [0.29, 0.717) is 0 Å². The fraction of sp³-hybridized carbons (Fsp3) is 0.100. The monoisotopic (exact) mass is 326 g/mol. The van der Waals surface area contributed by atoms with Crippen LogP contribution >= 0.6 is 23.2 Å².